The Morgan fingerprint density at radius 2 is 2.03 bits per heavy atom. The predicted octanol–water partition coefficient (Wildman–Crippen LogP) is 1.21. The lowest BCUT2D eigenvalue weighted by molar-refractivity contribution is -0.184. The number of halogens is 3. The Labute approximate surface area is 167 Å². The number of rotatable bonds is 3. The number of hydrogen-bond donors (Lipinski definition) is 2. The van der Waals surface area contributed by atoms with E-state index in [0.717, 1.165) is 0 Å². The highest BCUT2D eigenvalue weighted by Crippen LogP contribution is 2.35. The van der Waals surface area contributed by atoms with Gasteiger partial charge in [-0.05, 0) is 19.4 Å². The van der Waals surface area contributed by atoms with Crippen molar-refractivity contribution in [3.8, 4) is 5.95 Å². The third kappa shape index (κ3) is 2.98. The zero-order valence-electron chi connectivity index (χ0n) is 15.9. The van der Waals surface area contributed by atoms with Gasteiger partial charge in [0.2, 0.25) is 5.95 Å². The van der Waals surface area contributed by atoms with Crippen LogP contribution in [0.3, 0.4) is 0 Å². The molecule has 6 rings (SSSR count). The fourth-order valence-electron chi connectivity index (χ4n) is 4.36. The van der Waals surface area contributed by atoms with E-state index in [0.29, 0.717) is 28.7 Å². The number of aromatic nitrogens is 5. The molecule has 0 aromatic carbocycles. The Bertz CT molecular complexity index is 1180. The van der Waals surface area contributed by atoms with Gasteiger partial charge in [-0.25, -0.2) is 4.68 Å². The maximum atomic E-state index is 13.0. The van der Waals surface area contributed by atoms with Crippen molar-refractivity contribution in [1.82, 2.24) is 34.5 Å². The molecule has 30 heavy (non-hydrogen) atoms. The van der Waals surface area contributed by atoms with Crippen LogP contribution in [0.25, 0.3) is 17.0 Å². The van der Waals surface area contributed by atoms with Crippen molar-refractivity contribution in [2.45, 2.75) is 31.6 Å². The van der Waals surface area contributed by atoms with Crippen molar-refractivity contribution in [2.75, 3.05) is 19.6 Å². The average molecular weight is 421 g/mol. The lowest BCUT2D eigenvalue weighted by atomic mass is 9.87. The predicted molar refractivity (Wildman–Crippen MR) is 99.4 cm³/mol. The number of aromatic amines is 2. The van der Waals surface area contributed by atoms with Gasteiger partial charge < -0.3 is 9.88 Å². The van der Waals surface area contributed by atoms with E-state index >= 15 is 0 Å². The summed E-state index contributed by atoms with van der Waals surface area (Å²) in [6, 6.07) is 1.05. The van der Waals surface area contributed by atoms with Gasteiger partial charge in [-0.2, -0.15) is 23.3 Å². The van der Waals surface area contributed by atoms with E-state index in [1.807, 2.05) is 0 Å². The zero-order valence-corrected chi connectivity index (χ0v) is 15.9. The molecule has 6 heterocycles. The molecular formula is C18H18F3N7O2. The molecule has 3 aliphatic rings. The lowest BCUT2D eigenvalue weighted by Gasteiger charge is -2.56. The highest BCUT2D eigenvalue weighted by Gasteiger charge is 2.49. The van der Waals surface area contributed by atoms with Crippen LogP contribution in [-0.4, -0.2) is 78.3 Å². The molecule has 0 radical (unpaired) electrons. The van der Waals surface area contributed by atoms with Gasteiger partial charge in [-0.1, -0.05) is 0 Å². The van der Waals surface area contributed by atoms with Crippen LogP contribution in [-0.2, 0) is 0 Å². The monoisotopic (exact) mass is 421 g/mol. The number of nitrogens with one attached hydrogen (secondary N) is 2. The number of fused-ring (bicyclic) bond motifs is 3. The first-order valence-electron chi connectivity index (χ1n) is 9.45. The molecule has 3 aliphatic heterocycles. The first-order chi connectivity index (χ1) is 14.2. The van der Waals surface area contributed by atoms with Gasteiger partial charge in [0.05, 0.1) is 29.4 Å². The maximum absolute atomic E-state index is 13.0. The van der Waals surface area contributed by atoms with E-state index in [9.17, 15) is 22.8 Å². The molecule has 2 atom stereocenters. The number of alkyl halides is 3. The fourth-order valence-corrected chi connectivity index (χ4v) is 4.36. The molecule has 0 aliphatic carbocycles. The second kappa shape index (κ2) is 6.42. The lowest BCUT2D eigenvalue weighted by Crippen LogP contribution is -2.70. The number of piperazine rings is 1. The Morgan fingerprint density at radius 3 is 2.73 bits per heavy atom. The molecule has 0 spiro atoms. The topological polar surface area (TPSA) is 103 Å². The molecule has 9 nitrogen and oxygen atoms in total. The van der Waals surface area contributed by atoms with Crippen molar-refractivity contribution < 1.29 is 18.0 Å². The normalized spacial score (nSPS) is 21.8. The summed E-state index contributed by atoms with van der Waals surface area (Å²) in [6.45, 7) is 1.24. The molecular weight excluding hydrogens is 403 g/mol. The van der Waals surface area contributed by atoms with Crippen LogP contribution in [0.5, 0.6) is 0 Å². The maximum Gasteiger partial charge on any atom is 0.401 e. The van der Waals surface area contributed by atoms with Crippen molar-refractivity contribution >= 4 is 16.9 Å². The summed E-state index contributed by atoms with van der Waals surface area (Å²) in [5.41, 5.74) is 0.880. The number of H-pyrrole nitrogens is 2. The van der Waals surface area contributed by atoms with Crippen molar-refractivity contribution in [2.24, 2.45) is 0 Å². The highest BCUT2D eigenvalue weighted by atomic mass is 19.4. The average Bonchev–Trinajstić information content (AvgIpc) is 3.32. The summed E-state index contributed by atoms with van der Waals surface area (Å²) >= 11 is 0. The zero-order chi connectivity index (χ0) is 21.2. The molecule has 3 saturated heterocycles. The Morgan fingerprint density at radius 1 is 1.30 bits per heavy atom. The van der Waals surface area contributed by atoms with Crippen LogP contribution in [0, 0.1) is 6.92 Å². The van der Waals surface area contributed by atoms with E-state index in [-0.39, 0.29) is 42.6 Å². The third-order valence-corrected chi connectivity index (χ3v) is 5.85. The van der Waals surface area contributed by atoms with Crippen LogP contribution in [0.4, 0.5) is 13.2 Å². The Balaban J connectivity index is 1.37. The van der Waals surface area contributed by atoms with Gasteiger partial charge in [0.1, 0.15) is 5.65 Å². The summed E-state index contributed by atoms with van der Waals surface area (Å²) in [4.78, 5) is 38.0. The smallest absolute Gasteiger partial charge is 0.346 e. The molecule has 2 bridgehead atoms. The number of carbonyl (C=O) groups is 1. The SMILES string of the molecule is Cc1c(C(=O)N2CC3CC(C2)N3CC(F)(F)F)cnn1-c1nc2[nH]ccc2c(=O)[nH]1. The van der Waals surface area contributed by atoms with Crippen molar-refractivity contribution in [3.05, 3.63) is 40.1 Å². The fraction of sp³-hybridized carbons (Fsp3) is 0.444. The van der Waals surface area contributed by atoms with Gasteiger partial charge >= 0.3 is 6.18 Å². The molecule has 12 heteroatoms. The molecule has 2 unspecified atom stereocenters. The Hall–Kier alpha value is -3.15. The van der Waals surface area contributed by atoms with Crippen LogP contribution in [0.1, 0.15) is 22.5 Å². The summed E-state index contributed by atoms with van der Waals surface area (Å²) < 4.78 is 39.5. The van der Waals surface area contributed by atoms with Crippen molar-refractivity contribution in [1.29, 1.82) is 0 Å². The molecule has 2 N–H and O–H groups in total. The van der Waals surface area contributed by atoms with E-state index in [4.69, 9.17) is 0 Å². The number of carbonyl (C=O) groups excluding carboxylic acids is 1. The summed E-state index contributed by atoms with van der Waals surface area (Å²) in [5, 5.41) is 4.60. The largest absolute Gasteiger partial charge is 0.401 e. The van der Waals surface area contributed by atoms with Gasteiger partial charge in [0.25, 0.3) is 11.5 Å². The number of nitrogens with zero attached hydrogens (tertiary/aromatic N) is 5. The van der Waals surface area contributed by atoms with E-state index < -0.39 is 12.7 Å². The van der Waals surface area contributed by atoms with Crippen molar-refractivity contribution in [3.63, 3.8) is 0 Å². The van der Waals surface area contributed by atoms with Gasteiger partial charge in [0.15, 0.2) is 0 Å². The number of piperidine rings is 1. The summed E-state index contributed by atoms with van der Waals surface area (Å²) in [6.07, 6.45) is -0.583. The van der Waals surface area contributed by atoms with E-state index in [2.05, 4.69) is 20.1 Å². The van der Waals surface area contributed by atoms with Gasteiger partial charge in [0, 0.05) is 31.4 Å². The van der Waals surface area contributed by atoms with Crippen LogP contribution < -0.4 is 5.56 Å². The minimum absolute atomic E-state index is 0.171. The summed E-state index contributed by atoms with van der Waals surface area (Å²) in [7, 11) is 0. The van der Waals surface area contributed by atoms with Crippen LogP contribution >= 0.6 is 0 Å². The highest BCUT2D eigenvalue weighted by molar-refractivity contribution is 5.95. The molecule has 0 saturated carbocycles. The van der Waals surface area contributed by atoms with E-state index in [1.165, 1.54) is 15.8 Å². The first-order valence-corrected chi connectivity index (χ1v) is 9.45. The minimum atomic E-state index is -4.25. The number of hydrogen-bond acceptors (Lipinski definition) is 5. The Kier molecular flexibility index (Phi) is 4.04. The van der Waals surface area contributed by atoms with Crippen LogP contribution in [0.15, 0.2) is 23.3 Å². The molecule has 3 fully saturated rings. The second-order valence-corrected chi connectivity index (χ2v) is 7.73. The standard InChI is InChI=1S/C18H18F3N7O2/c1-9-13(5-23-28(9)17-24-14-12(2-3-22-14)15(29)25-17)16(30)26-6-10-4-11(7-26)27(10)8-18(19,20)21/h2-3,5,10-11H,4,6-8H2,1H3,(H2,22,24,25,29). The van der Waals surface area contributed by atoms with Gasteiger partial charge in [-0.3, -0.25) is 19.5 Å². The number of amides is 1. The van der Waals surface area contributed by atoms with Crippen LogP contribution in [0.2, 0.25) is 0 Å². The summed E-state index contributed by atoms with van der Waals surface area (Å²) in [5.74, 6) is -0.118. The first kappa shape index (κ1) is 18.9. The minimum Gasteiger partial charge on any atom is -0.346 e. The molecule has 158 valence electrons. The molecule has 3 aromatic rings. The second-order valence-electron chi connectivity index (χ2n) is 7.73. The quantitative estimate of drug-likeness (QED) is 0.662. The molecule has 3 aromatic heterocycles. The molecule has 1 amide bonds. The third-order valence-electron chi connectivity index (χ3n) is 5.85. The van der Waals surface area contributed by atoms with E-state index in [1.54, 1.807) is 24.1 Å². The van der Waals surface area contributed by atoms with Gasteiger partial charge in [-0.15, -0.1) is 0 Å².